The van der Waals surface area contributed by atoms with E-state index < -0.39 is 10.0 Å². The van der Waals surface area contributed by atoms with Crippen molar-refractivity contribution < 1.29 is 13.2 Å². The molecule has 1 amide bonds. The number of nitrogens with one attached hydrogen (secondary N) is 2. The van der Waals surface area contributed by atoms with Gasteiger partial charge in [-0.1, -0.05) is 26.0 Å². The molecule has 130 valence electrons. The van der Waals surface area contributed by atoms with E-state index in [1.165, 1.54) is 0 Å². The standard InChI is InChI=1S/C17H28N2O3S/c1-13(2)11-12-18-17(20)10-7-15-5-8-16(9-6-15)23(21,22)19-14(3)4/h5-6,8-9,13-14,19H,7,10-12H2,1-4H3,(H,18,20). The molecule has 0 saturated heterocycles. The molecule has 0 aliphatic rings. The van der Waals surface area contributed by atoms with Gasteiger partial charge in [-0.05, 0) is 50.3 Å². The number of aryl methyl sites for hydroxylation is 1. The molecule has 0 heterocycles. The van der Waals surface area contributed by atoms with Crippen LogP contribution in [-0.2, 0) is 21.2 Å². The quantitative estimate of drug-likeness (QED) is 0.725. The molecule has 0 aromatic heterocycles. The van der Waals surface area contributed by atoms with E-state index >= 15 is 0 Å². The van der Waals surface area contributed by atoms with Crippen LogP contribution in [0, 0.1) is 5.92 Å². The van der Waals surface area contributed by atoms with Crippen molar-refractivity contribution in [1.82, 2.24) is 10.0 Å². The van der Waals surface area contributed by atoms with Crippen molar-refractivity contribution in [3.05, 3.63) is 29.8 Å². The molecule has 5 nitrogen and oxygen atoms in total. The Labute approximate surface area is 139 Å². The molecule has 1 aromatic carbocycles. The summed E-state index contributed by atoms with van der Waals surface area (Å²) in [7, 11) is -3.46. The molecule has 0 fully saturated rings. The van der Waals surface area contributed by atoms with Crippen LogP contribution in [0.1, 0.15) is 46.1 Å². The Morgan fingerprint density at radius 1 is 1.09 bits per heavy atom. The second-order valence-electron chi connectivity index (χ2n) is 6.45. The lowest BCUT2D eigenvalue weighted by atomic mass is 10.1. The summed E-state index contributed by atoms with van der Waals surface area (Å²) in [5, 5.41) is 2.90. The molecule has 1 aromatic rings. The van der Waals surface area contributed by atoms with Gasteiger partial charge >= 0.3 is 0 Å². The van der Waals surface area contributed by atoms with E-state index in [1.807, 2.05) is 0 Å². The number of benzene rings is 1. The number of carbonyl (C=O) groups is 1. The largest absolute Gasteiger partial charge is 0.356 e. The van der Waals surface area contributed by atoms with Crippen LogP contribution in [0.4, 0.5) is 0 Å². The third-order valence-electron chi connectivity index (χ3n) is 3.31. The highest BCUT2D eigenvalue weighted by Crippen LogP contribution is 2.12. The summed E-state index contributed by atoms with van der Waals surface area (Å²) in [5.41, 5.74) is 0.951. The van der Waals surface area contributed by atoms with E-state index in [2.05, 4.69) is 23.9 Å². The Morgan fingerprint density at radius 2 is 1.70 bits per heavy atom. The third-order valence-corrected chi connectivity index (χ3v) is 4.98. The van der Waals surface area contributed by atoms with E-state index in [4.69, 9.17) is 0 Å². The van der Waals surface area contributed by atoms with Crippen LogP contribution in [-0.4, -0.2) is 26.9 Å². The molecule has 0 unspecified atom stereocenters. The zero-order chi connectivity index (χ0) is 17.5. The van der Waals surface area contributed by atoms with Crippen LogP contribution in [0.25, 0.3) is 0 Å². The highest BCUT2D eigenvalue weighted by atomic mass is 32.2. The summed E-state index contributed by atoms with van der Waals surface area (Å²) in [6, 6.07) is 6.54. The molecule has 0 radical (unpaired) electrons. The van der Waals surface area contributed by atoms with Gasteiger partial charge in [0.15, 0.2) is 0 Å². The monoisotopic (exact) mass is 340 g/mol. The fourth-order valence-electron chi connectivity index (χ4n) is 2.06. The lowest BCUT2D eigenvalue weighted by molar-refractivity contribution is -0.121. The van der Waals surface area contributed by atoms with Crippen molar-refractivity contribution in [2.45, 2.75) is 57.9 Å². The highest BCUT2D eigenvalue weighted by Gasteiger charge is 2.14. The van der Waals surface area contributed by atoms with Gasteiger partial charge in [-0.3, -0.25) is 4.79 Å². The van der Waals surface area contributed by atoms with Crippen LogP contribution < -0.4 is 10.0 Å². The second kappa shape index (κ2) is 9.03. The average Bonchev–Trinajstić information content (AvgIpc) is 2.44. The van der Waals surface area contributed by atoms with Gasteiger partial charge in [-0.2, -0.15) is 0 Å². The number of sulfonamides is 1. The number of hydrogen-bond donors (Lipinski definition) is 2. The van der Waals surface area contributed by atoms with Gasteiger partial charge in [0.1, 0.15) is 0 Å². The van der Waals surface area contributed by atoms with Gasteiger partial charge in [0.05, 0.1) is 4.90 Å². The van der Waals surface area contributed by atoms with Crippen LogP contribution in [0.3, 0.4) is 0 Å². The van der Waals surface area contributed by atoms with Crippen LogP contribution in [0.5, 0.6) is 0 Å². The summed E-state index contributed by atoms with van der Waals surface area (Å²) < 4.78 is 26.6. The molecule has 0 saturated carbocycles. The normalized spacial score (nSPS) is 11.9. The highest BCUT2D eigenvalue weighted by molar-refractivity contribution is 7.89. The Morgan fingerprint density at radius 3 is 2.22 bits per heavy atom. The summed E-state index contributed by atoms with van der Waals surface area (Å²) in [4.78, 5) is 12.0. The third kappa shape index (κ3) is 7.61. The van der Waals surface area contributed by atoms with E-state index in [-0.39, 0.29) is 16.8 Å². The Balaban J connectivity index is 2.50. The number of carbonyl (C=O) groups excluding carboxylic acids is 1. The molecule has 2 N–H and O–H groups in total. The van der Waals surface area contributed by atoms with Gasteiger partial charge in [0.25, 0.3) is 0 Å². The van der Waals surface area contributed by atoms with Gasteiger partial charge in [-0.15, -0.1) is 0 Å². The molecular formula is C17H28N2O3S. The molecular weight excluding hydrogens is 312 g/mol. The first-order chi connectivity index (χ1) is 10.7. The zero-order valence-corrected chi connectivity index (χ0v) is 15.2. The van der Waals surface area contributed by atoms with Gasteiger partial charge in [0.2, 0.25) is 15.9 Å². The predicted molar refractivity (Wildman–Crippen MR) is 92.7 cm³/mol. The van der Waals surface area contributed by atoms with Gasteiger partial charge < -0.3 is 5.32 Å². The first kappa shape index (κ1) is 19.6. The van der Waals surface area contributed by atoms with Crippen LogP contribution in [0.15, 0.2) is 29.2 Å². The van der Waals surface area contributed by atoms with Crippen LogP contribution in [0.2, 0.25) is 0 Å². The van der Waals surface area contributed by atoms with Crippen molar-refractivity contribution in [2.75, 3.05) is 6.54 Å². The topological polar surface area (TPSA) is 75.3 Å². The van der Waals surface area contributed by atoms with Gasteiger partial charge in [-0.25, -0.2) is 13.1 Å². The number of hydrogen-bond acceptors (Lipinski definition) is 3. The van der Waals surface area contributed by atoms with E-state index in [0.29, 0.717) is 25.3 Å². The van der Waals surface area contributed by atoms with Gasteiger partial charge in [0, 0.05) is 19.0 Å². The fourth-order valence-corrected chi connectivity index (χ4v) is 3.31. The smallest absolute Gasteiger partial charge is 0.240 e. The number of rotatable bonds is 9. The Bertz CT molecular complexity index is 593. The Kier molecular flexibility index (Phi) is 7.72. The average molecular weight is 340 g/mol. The summed E-state index contributed by atoms with van der Waals surface area (Å²) >= 11 is 0. The minimum Gasteiger partial charge on any atom is -0.356 e. The number of amides is 1. The zero-order valence-electron chi connectivity index (χ0n) is 14.4. The maximum Gasteiger partial charge on any atom is 0.240 e. The summed E-state index contributed by atoms with van der Waals surface area (Å²) in [5.74, 6) is 0.605. The molecule has 0 aliphatic heterocycles. The van der Waals surface area contributed by atoms with Crippen molar-refractivity contribution in [3.8, 4) is 0 Å². The minimum atomic E-state index is -3.46. The van der Waals surface area contributed by atoms with Crippen molar-refractivity contribution in [2.24, 2.45) is 5.92 Å². The molecule has 23 heavy (non-hydrogen) atoms. The van der Waals surface area contributed by atoms with E-state index in [1.54, 1.807) is 38.1 Å². The van der Waals surface area contributed by atoms with Crippen molar-refractivity contribution in [3.63, 3.8) is 0 Å². The molecule has 0 aliphatic carbocycles. The maximum atomic E-state index is 12.0. The lowest BCUT2D eigenvalue weighted by Crippen LogP contribution is -2.30. The lowest BCUT2D eigenvalue weighted by Gasteiger charge is -2.10. The summed E-state index contributed by atoms with van der Waals surface area (Å²) in [6.07, 6.45) is 1.99. The SMILES string of the molecule is CC(C)CCNC(=O)CCc1ccc(S(=O)(=O)NC(C)C)cc1. The first-order valence-electron chi connectivity index (χ1n) is 8.08. The fraction of sp³-hybridized carbons (Fsp3) is 0.588. The maximum absolute atomic E-state index is 12.0. The molecule has 1 rings (SSSR count). The van der Waals surface area contributed by atoms with Crippen molar-refractivity contribution in [1.29, 1.82) is 0 Å². The first-order valence-corrected chi connectivity index (χ1v) is 9.57. The summed E-state index contributed by atoms with van der Waals surface area (Å²) in [6.45, 7) is 8.51. The molecule has 6 heteroatoms. The van der Waals surface area contributed by atoms with E-state index in [0.717, 1.165) is 12.0 Å². The second-order valence-corrected chi connectivity index (χ2v) is 8.17. The molecule has 0 atom stereocenters. The van der Waals surface area contributed by atoms with Crippen LogP contribution >= 0.6 is 0 Å². The Hall–Kier alpha value is -1.40. The molecule has 0 bridgehead atoms. The predicted octanol–water partition coefficient (Wildman–Crippen LogP) is 2.47. The minimum absolute atomic E-state index is 0.0313. The van der Waals surface area contributed by atoms with E-state index in [9.17, 15) is 13.2 Å². The molecule has 0 spiro atoms. The van der Waals surface area contributed by atoms with Crippen molar-refractivity contribution >= 4 is 15.9 Å².